The molecule has 0 spiro atoms. The molecule has 112 valence electrons. The quantitative estimate of drug-likeness (QED) is 0.767. The van der Waals surface area contributed by atoms with Crippen molar-refractivity contribution in [3.63, 3.8) is 0 Å². The normalized spacial score (nSPS) is 12.2. The summed E-state index contributed by atoms with van der Waals surface area (Å²) in [6, 6.07) is 6.05. The van der Waals surface area contributed by atoms with E-state index in [0.29, 0.717) is 9.37 Å². The Bertz CT molecular complexity index is 483. The van der Waals surface area contributed by atoms with Crippen LogP contribution in [0.2, 0.25) is 0 Å². The van der Waals surface area contributed by atoms with Gasteiger partial charge in [-0.1, -0.05) is 22.0 Å². The standard InChI is InChI=1S/C13H15BrF3NO2/c1-12(2,3)20-11(19)18(8-13(15,16)17)10-6-4-5-9(14)7-10/h4-7H,8H2,1-3H3. The highest BCUT2D eigenvalue weighted by Crippen LogP contribution is 2.26. The van der Waals surface area contributed by atoms with Crippen molar-refractivity contribution in [1.82, 2.24) is 0 Å². The van der Waals surface area contributed by atoms with Crippen molar-refractivity contribution in [1.29, 1.82) is 0 Å². The molecule has 0 aromatic heterocycles. The van der Waals surface area contributed by atoms with Gasteiger partial charge in [-0.15, -0.1) is 0 Å². The molecule has 7 heteroatoms. The second-order valence-electron chi connectivity index (χ2n) is 5.16. The Morgan fingerprint density at radius 3 is 2.35 bits per heavy atom. The molecule has 0 aliphatic rings. The van der Waals surface area contributed by atoms with E-state index in [9.17, 15) is 18.0 Å². The number of hydrogen-bond acceptors (Lipinski definition) is 2. The van der Waals surface area contributed by atoms with Gasteiger partial charge < -0.3 is 4.74 Å². The number of amides is 1. The Morgan fingerprint density at radius 2 is 1.90 bits per heavy atom. The molecule has 1 aromatic rings. The molecule has 0 saturated heterocycles. The van der Waals surface area contributed by atoms with Crippen LogP contribution in [0.15, 0.2) is 28.7 Å². The zero-order valence-electron chi connectivity index (χ0n) is 11.3. The number of anilines is 1. The van der Waals surface area contributed by atoms with Crippen molar-refractivity contribution in [2.45, 2.75) is 32.5 Å². The van der Waals surface area contributed by atoms with Crippen molar-refractivity contribution in [3.05, 3.63) is 28.7 Å². The van der Waals surface area contributed by atoms with Gasteiger partial charge in [0.05, 0.1) is 0 Å². The molecule has 0 atom stereocenters. The molecule has 20 heavy (non-hydrogen) atoms. The first-order chi connectivity index (χ1) is 8.98. The van der Waals surface area contributed by atoms with Crippen LogP contribution in [0, 0.1) is 0 Å². The molecule has 1 rings (SSSR count). The van der Waals surface area contributed by atoms with Gasteiger partial charge in [-0.3, -0.25) is 4.90 Å². The lowest BCUT2D eigenvalue weighted by Crippen LogP contribution is -2.42. The van der Waals surface area contributed by atoms with Gasteiger partial charge in [0, 0.05) is 10.2 Å². The lowest BCUT2D eigenvalue weighted by atomic mass is 10.2. The van der Waals surface area contributed by atoms with Gasteiger partial charge in [-0.05, 0) is 39.0 Å². The van der Waals surface area contributed by atoms with Crippen LogP contribution in [-0.2, 0) is 4.74 Å². The van der Waals surface area contributed by atoms with E-state index in [-0.39, 0.29) is 5.69 Å². The first kappa shape index (κ1) is 16.8. The van der Waals surface area contributed by atoms with E-state index < -0.39 is 24.4 Å². The van der Waals surface area contributed by atoms with E-state index in [4.69, 9.17) is 4.74 Å². The van der Waals surface area contributed by atoms with Gasteiger partial charge in [0.1, 0.15) is 12.1 Å². The summed E-state index contributed by atoms with van der Waals surface area (Å²) in [6.07, 6.45) is -5.55. The van der Waals surface area contributed by atoms with Crippen LogP contribution in [0.5, 0.6) is 0 Å². The summed E-state index contributed by atoms with van der Waals surface area (Å²) in [6.45, 7) is 3.38. The third-order valence-electron chi connectivity index (χ3n) is 2.07. The van der Waals surface area contributed by atoms with Crippen LogP contribution < -0.4 is 4.90 Å². The van der Waals surface area contributed by atoms with Gasteiger partial charge in [-0.2, -0.15) is 13.2 Å². The lowest BCUT2D eigenvalue weighted by molar-refractivity contribution is -0.119. The van der Waals surface area contributed by atoms with Crippen LogP contribution in [0.25, 0.3) is 0 Å². The Balaban J connectivity index is 3.06. The molecule has 0 saturated carbocycles. The van der Waals surface area contributed by atoms with Gasteiger partial charge in [-0.25, -0.2) is 4.79 Å². The number of benzene rings is 1. The lowest BCUT2D eigenvalue weighted by Gasteiger charge is -2.28. The predicted molar refractivity (Wildman–Crippen MR) is 73.8 cm³/mol. The zero-order chi connectivity index (χ0) is 15.6. The van der Waals surface area contributed by atoms with Crippen molar-refractivity contribution < 1.29 is 22.7 Å². The minimum Gasteiger partial charge on any atom is -0.443 e. The van der Waals surface area contributed by atoms with E-state index in [1.54, 1.807) is 32.9 Å². The second-order valence-corrected chi connectivity index (χ2v) is 6.08. The maximum absolute atomic E-state index is 12.6. The predicted octanol–water partition coefficient (Wildman–Crippen LogP) is 4.75. The van der Waals surface area contributed by atoms with E-state index in [2.05, 4.69) is 15.9 Å². The number of halogens is 4. The zero-order valence-corrected chi connectivity index (χ0v) is 12.9. The van der Waals surface area contributed by atoms with Gasteiger partial charge in [0.25, 0.3) is 0 Å². The summed E-state index contributed by atoms with van der Waals surface area (Å²) in [7, 11) is 0. The molecule has 0 aliphatic carbocycles. The fraction of sp³-hybridized carbons (Fsp3) is 0.462. The Morgan fingerprint density at radius 1 is 1.30 bits per heavy atom. The van der Waals surface area contributed by atoms with Crippen LogP contribution >= 0.6 is 15.9 Å². The highest BCUT2D eigenvalue weighted by atomic mass is 79.9. The fourth-order valence-electron chi connectivity index (χ4n) is 1.40. The highest BCUT2D eigenvalue weighted by molar-refractivity contribution is 9.10. The number of ether oxygens (including phenoxy) is 1. The summed E-state index contributed by atoms with van der Waals surface area (Å²) in [5.41, 5.74) is -0.751. The van der Waals surface area contributed by atoms with Gasteiger partial charge in [0.2, 0.25) is 0 Å². The molecule has 0 heterocycles. The molecule has 0 radical (unpaired) electrons. The maximum Gasteiger partial charge on any atom is 0.415 e. The average molecular weight is 354 g/mol. The largest absolute Gasteiger partial charge is 0.443 e. The first-order valence-electron chi connectivity index (χ1n) is 5.81. The molecule has 1 amide bonds. The minimum absolute atomic E-state index is 0.117. The smallest absolute Gasteiger partial charge is 0.415 e. The molecular formula is C13H15BrF3NO2. The van der Waals surface area contributed by atoms with Crippen molar-refractivity contribution >= 4 is 27.7 Å². The van der Waals surface area contributed by atoms with E-state index >= 15 is 0 Å². The Kier molecular flexibility index (Phi) is 5.07. The summed E-state index contributed by atoms with van der Waals surface area (Å²) in [5.74, 6) is 0. The molecule has 0 unspecified atom stereocenters. The third-order valence-corrected chi connectivity index (χ3v) is 2.56. The molecule has 0 bridgehead atoms. The van der Waals surface area contributed by atoms with E-state index in [0.717, 1.165) is 0 Å². The molecule has 0 fully saturated rings. The highest BCUT2D eigenvalue weighted by Gasteiger charge is 2.35. The van der Waals surface area contributed by atoms with Crippen molar-refractivity contribution in [2.24, 2.45) is 0 Å². The fourth-order valence-corrected chi connectivity index (χ4v) is 1.79. The number of carbonyl (C=O) groups excluding carboxylic acids is 1. The molecular weight excluding hydrogens is 339 g/mol. The van der Waals surface area contributed by atoms with Gasteiger partial charge in [0.15, 0.2) is 0 Å². The second kappa shape index (κ2) is 6.03. The number of carbonyl (C=O) groups is 1. The van der Waals surface area contributed by atoms with Crippen LogP contribution in [-0.4, -0.2) is 24.4 Å². The number of rotatable bonds is 2. The number of hydrogen-bond donors (Lipinski definition) is 0. The maximum atomic E-state index is 12.6. The van der Waals surface area contributed by atoms with Crippen LogP contribution in [0.4, 0.5) is 23.7 Å². The summed E-state index contributed by atoms with van der Waals surface area (Å²) in [5, 5.41) is 0. The third kappa shape index (κ3) is 5.81. The topological polar surface area (TPSA) is 29.5 Å². The summed E-state index contributed by atoms with van der Waals surface area (Å²) < 4.78 is 43.5. The van der Waals surface area contributed by atoms with Gasteiger partial charge >= 0.3 is 12.3 Å². The summed E-state index contributed by atoms with van der Waals surface area (Å²) >= 11 is 3.16. The Hall–Kier alpha value is -1.24. The van der Waals surface area contributed by atoms with Crippen LogP contribution in [0.3, 0.4) is 0 Å². The molecule has 1 aromatic carbocycles. The molecule has 3 nitrogen and oxygen atoms in total. The Labute approximate surface area is 123 Å². The number of nitrogens with zero attached hydrogens (tertiary/aromatic N) is 1. The van der Waals surface area contributed by atoms with E-state index in [1.165, 1.54) is 12.1 Å². The number of alkyl halides is 3. The van der Waals surface area contributed by atoms with E-state index in [1.807, 2.05) is 0 Å². The first-order valence-corrected chi connectivity index (χ1v) is 6.60. The van der Waals surface area contributed by atoms with Crippen LogP contribution in [0.1, 0.15) is 20.8 Å². The van der Waals surface area contributed by atoms with Crippen molar-refractivity contribution in [3.8, 4) is 0 Å². The monoisotopic (exact) mass is 353 g/mol. The van der Waals surface area contributed by atoms with Crippen molar-refractivity contribution in [2.75, 3.05) is 11.4 Å². The minimum atomic E-state index is -4.51. The summed E-state index contributed by atoms with van der Waals surface area (Å²) in [4.78, 5) is 12.5. The SMILES string of the molecule is CC(C)(C)OC(=O)N(CC(F)(F)F)c1cccc(Br)c1. The average Bonchev–Trinajstić information content (AvgIpc) is 2.22. The molecule has 0 aliphatic heterocycles. The molecule has 0 N–H and O–H groups in total.